The van der Waals surface area contributed by atoms with E-state index in [0.717, 1.165) is 12.8 Å². The average molecular weight is 238 g/mol. The lowest BCUT2D eigenvalue weighted by molar-refractivity contribution is 0.309. The van der Waals surface area contributed by atoms with E-state index in [1.54, 1.807) is 0 Å². The normalized spacial score (nSPS) is 10.2. The second kappa shape index (κ2) is 6.66. The van der Waals surface area contributed by atoms with E-state index < -0.39 is 14.2 Å². The lowest BCUT2D eigenvalue weighted by atomic mass is 9.73. The van der Waals surface area contributed by atoms with Crippen molar-refractivity contribution in [2.75, 3.05) is 6.61 Å². The zero-order chi connectivity index (χ0) is 12.8. The van der Waals surface area contributed by atoms with E-state index >= 15 is 0 Å². The first-order chi connectivity index (χ1) is 8.04. The summed E-state index contributed by atoms with van der Waals surface area (Å²) in [6.07, 6.45) is 1.86. The molecule has 0 aliphatic heterocycles. The molecule has 0 atom stereocenters. The molecule has 0 fully saturated rings. The van der Waals surface area contributed by atoms with Crippen LogP contribution in [0.15, 0.2) is 18.2 Å². The summed E-state index contributed by atoms with van der Waals surface area (Å²) in [4.78, 5) is 0. The van der Waals surface area contributed by atoms with E-state index in [9.17, 15) is 0 Å². The molecule has 0 amide bonds. The van der Waals surface area contributed by atoms with Crippen LogP contribution in [0.25, 0.3) is 0 Å². The van der Waals surface area contributed by atoms with Crippen LogP contribution in [0.5, 0.6) is 5.75 Å². The molecule has 0 saturated carbocycles. The Hall–Kier alpha value is -1.01. The largest absolute Gasteiger partial charge is 0.494 e. The predicted molar refractivity (Wildman–Crippen MR) is 66.5 cm³/mol. The molecule has 1 aromatic rings. The monoisotopic (exact) mass is 238 g/mol. The zero-order valence-electron chi connectivity index (χ0n) is 9.71. The quantitative estimate of drug-likeness (QED) is 0.347. The molecule has 0 aliphatic carbocycles. The Morgan fingerprint density at radius 3 is 1.94 bits per heavy atom. The van der Waals surface area contributed by atoms with Gasteiger partial charge in [-0.3, -0.25) is 0 Å². The number of rotatable bonds is 6. The molecule has 0 aliphatic rings. The second-order valence-corrected chi connectivity index (χ2v) is 3.78. The molecule has 5 nitrogen and oxygen atoms in total. The highest BCUT2D eigenvalue weighted by molar-refractivity contribution is 6.62. The SMILES string of the molecule is CCCCOc1cc(B(O)O)cc(B(O)O)c1. The predicted octanol–water partition coefficient (Wildman–Crippen LogP) is -1.77. The van der Waals surface area contributed by atoms with Crippen LogP contribution in [0, 0.1) is 0 Å². The Morgan fingerprint density at radius 1 is 1.00 bits per heavy atom. The molecule has 0 aromatic heterocycles. The van der Waals surface area contributed by atoms with E-state index in [2.05, 4.69) is 0 Å². The van der Waals surface area contributed by atoms with Crippen LogP contribution >= 0.6 is 0 Å². The smallest absolute Gasteiger partial charge is 0.488 e. The first-order valence-corrected chi connectivity index (χ1v) is 5.54. The standard InChI is InChI=1S/C10H16B2O5/c1-2-3-4-17-10-6-8(11(13)14)5-9(7-10)12(15)16/h5-7,13-16H,2-4H2,1H3. The van der Waals surface area contributed by atoms with Crippen molar-refractivity contribution in [3.63, 3.8) is 0 Å². The fourth-order valence-electron chi connectivity index (χ4n) is 1.36. The number of hydrogen-bond donors (Lipinski definition) is 4. The minimum Gasteiger partial charge on any atom is -0.494 e. The summed E-state index contributed by atoms with van der Waals surface area (Å²) in [7, 11) is -3.33. The second-order valence-electron chi connectivity index (χ2n) is 3.78. The summed E-state index contributed by atoms with van der Waals surface area (Å²) in [5, 5.41) is 36.3. The van der Waals surface area contributed by atoms with Gasteiger partial charge in [-0.25, -0.2) is 0 Å². The third-order valence-corrected chi connectivity index (χ3v) is 2.31. The molecule has 92 valence electrons. The maximum absolute atomic E-state index is 9.06. The highest BCUT2D eigenvalue weighted by Gasteiger charge is 2.18. The van der Waals surface area contributed by atoms with Crippen molar-refractivity contribution >= 4 is 25.2 Å². The van der Waals surface area contributed by atoms with Gasteiger partial charge in [0.25, 0.3) is 0 Å². The molecule has 0 heterocycles. The van der Waals surface area contributed by atoms with Gasteiger partial charge >= 0.3 is 14.2 Å². The Labute approximate surface area is 101 Å². The number of benzene rings is 1. The van der Waals surface area contributed by atoms with Gasteiger partial charge in [0.15, 0.2) is 0 Å². The van der Waals surface area contributed by atoms with Gasteiger partial charge in [0.1, 0.15) is 5.75 Å². The molecule has 0 spiro atoms. The van der Waals surface area contributed by atoms with Crippen molar-refractivity contribution < 1.29 is 24.8 Å². The van der Waals surface area contributed by atoms with Gasteiger partial charge in [-0.1, -0.05) is 19.4 Å². The molecule has 7 heteroatoms. The topological polar surface area (TPSA) is 90.2 Å². The molecule has 4 N–H and O–H groups in total. The Bertz CT molecular complexity index is 330. The molecule has 1 rings (SSSR count). The van der Waals surface area contributed by atoms with Crippen molar-refractivity contribution in [3.05, 3.63) is 18.2 Å². The van der Waals surface area contributed by atoms with Gasteiger partial charge in [-0.2, -0.15) is 0 Å². The number of unbranched alkanes of at least 4 members (excludes halogenated alkanes) is 1. The molecule has 0 unspecified atom stereocenters. The number of ether oxygens (including phenoxy) is 1. The van der Waals surface area contributed by atoms with Gasteiger partial charge in [0, 0.05) is 0 Å². The van der Waals surface area contributed by atoms with Crippen LogP contribution in [0.1, 0.15) is 19.8 Å². The summed E-state index contributed by atoms with van der Waals surface area (Å²) in [5.41, 5.74) is 0.337. The fourth-order valence-corrected chi connectivity index (χ4v) is 1.36. The summed E-state index contributed by atoms with van der Waals surface area (Å²) in [5.74, 6) is 0.396. The van der Waals surface area contributed by atoms with Gasteiger partial charge in [-0.05, 0) is 29.5 Å². The van der Waals surface area contributed by atoms with E-state index in [1.807, 2.05) is 6.92 Å². The fraction of sp³-hybridized carbons (Fsp3) is 0.400. The maximum atomic E-state index is 9.06. The van der Waals surface area contributed by atoms with E-state index in [-0.39, 0.29) is 10.9 Å². The third-order valence-electron chi connectivity index (χ3n) is 2.31. The van der Waals surface area contributed by atoms with Crippen molar-refractivity contribution in [2.45, 2.75) is 19.8 Å². The molecular formula is C10H16B2O5. The summed E-state index contributed by atoms with van der Waals surface area (Å²) in [6, 6.07) is 4.24. The zero-order valence-corrected chi connectivity index (χ0v) is 9.71. The summed E-state index contributed by atoms with van der Waals surface area (Å²) >= 11 is 0. The summed E-state index contributed by atoms with van der Waals surface area (Å²) in [6.45, 7) is 2.53. The molecule has 0 radical (unpaired) electrons. The Morgan fingerprint density at radius 2 is 1.53 bits per heavy atom. The van der Waals surface area contributed by atoms with Gasteiger partial charge < -0.3 is 24.8 Å². The van der Waals surface area contributed by atoms with Crippen LogP contribution in [0.3, 0.4) is 0 Å². The third kappa shape index (κ3) is 4.39. The van der Waals surface area contributed by atoms with Gasteiger partial charge in [-0.15, -0.1) is 0 Å². The highest BCUT2D eigenvalue weighted by atomic mass is 16.5. The van der Waals surface area contributed by atoms with Crippen LogP contribution in [0.4, 0.5) is 0 Å². The summed E-state index contributed by atoms with van der Waals surface area (Å²) < 4.78 is 5.38. The minimum absolute atomic E-state index is 0.169. The molecule has 0 saturated heterocycles. The first kappa shape index (κ1) is 14.1. The van der Waals surface area contributed by atoms with Gasteiger partial charge in [0.2, 0.25) is 0 Å². The maximum Gasteiger partial charge on any atom is 0.488 e. The van der Waals surface area contributed by atoms with E-state index in [4.69, 9.17) is 24.8 Å². The Balaban J connectivity index is 2.88. The minimum atomic E-state index is -1.66. The molecule has 17 heavy (non-hydrogen) atoms. The lowest BCUT2D eigenvalue weighted by Gasteiger charge is -2.10. The van der Waals surface area contributed by atoms with Gasteiger partial charge in [0.05, 0.1) is 6.61 Å². The van der Waals surface area contributed by atoms with Crippen molar-refractivity contribution in [2.24, 2.45) is 0 Å². The van der Waals surface area contributed by atoms with Crippen molar-refractivity contribution in [1.29, 1.82) is 0 Å². The molecule has 1 aromatic carbocycles. The van der Waals surface area contributed by atoms with E-state index in [1.165, 1.54) is 18.2 Å². The lowest BCUT2D eigenvalue weighted by Crippen LogP contribution is -2.38. The van der Waals surface area contributed by atoms with Crippen molar-refractivity contribution in [3.8, 4) is 5.75 Å². The molecule has 0 bridgehead atoms. The van der Waals surface area contributed by atoms with Crippen LogP contribution in [-0.2, 0) is 0 Å². The molecular weight excluding hydrogens is 222 g/mol. The Kier molecular flexibility index (Phi) is 5.50. The van der Waals surface area contributed by atoms with E-state index in [0.29, 0.717) is 12.4 Å². The average Bonchev–Trinajstić information content (AvgIpc) is 2.29. The van der Waals surface area contributed by atoms with Crippen LogP contribution < -0.4 is 15.7 Å². The highest BCUT2D eigenvalue weighted by Crippen LogP contribution is 2.07. The number of hydrogen-bond acceptors (Lipinski definition) is 5. The first-order valence-electron chi connectivity index (χ1n) is 5.54. The van der Waals surface area contributed by atoms with Crippen LogP contribution in [0.2, 0.25) is 0 Å². The van der Waals surface area contributed by atoms with Crippen LogP contribution in [-0.4, -0.2) is 40.9 Å². The van der Waals surface area contributed by atoms with Crippen molar-refractivity contribution in [1.82, 2.24) is 0 Å².